The van der Waals surface area contributed by atoms with Crippen LogP contribution in [0.5, 0.6) is 0 Å². The van der Waals surface area contributed by atoms with Crippen LogP contribution in [0.1, 0.15) is 11.1 Å². The first-order valence-electron chi connectivity index (χ1n) is 8.48. The molecule has 2 heterocycles. The van der Waals surface area contributed by atoms with Gasteiger partial charge in [0.15, 0.2) is 5.84 Å². The molecule has 0 saturated heterocycles. The van der Waals surface area contributed by atoms with Crippen molar-refractivity contribution < 1.29 is 9.63 Å². The lowest BCUT2D eigenvalue weighted by atomic mass is 10.00. The molecule has 0 aromatic heterocycles. The molecule has 0 unspecified atom stereocenters. The van der Waals surface area contributed by atoms with Crippen LogP contribution in [-0.4, -0.2) is 11.7 Å². The van der Waals surface area contributed by atoms with Crippen LogP contribution in [0.4, 0.5) is 11.4 Å². The third-order valence-corrected chi connectivity index (χ3v) is 5.01. The molecular formula is C21H14ClN3O2. The summed E-state index contributed by atoms with van der Waals surface area (Å²) in [5, 5.41) is 7.84. The molecule has 0 saturated carbocycles. The fourth-order valence-electron chi connectivity index (χ4n) is 3.53. The van der Waals surface area contributed by atoms with Crippen LogP contribution >= 0.6 is 11.6 Å². The first kappa shape index (κ1) is 15.9. The Hall–Kier alpha value is -3.31. The SMILES string of the molecule is O=C1Nc2ccccc2[C@]12ON=C(c1ccccc1)N2c1ccc(Cl)cc1. The maximum atomic E-state index is 13.1. The number of hydrogen-bond acceptors (Lipinski definition) is 4. The quantitative estimate of drug-likeness (QED) is 0.724. The Kier molecular flexibility index (Phi) is 3.45. The molecule has 5 nitrogen and oxygen atoms in total. The van der Waals surface area contributed by atoms with Crippen molar-refractivity contribution in [3.8, 4) is 0 Å². The van der Waals surface area contributed by atoms with Crippen LogP contribution < -0.4 is 10.2 Å². The molecule has 5 rings (SSSR count). The summed E-state index contributed by atoms with van der Waals surface area (Å²) < 4.78 is 0. The molecule has 0 aliphatic carbocycles. The number of amidine groups is 1. The van der Waals surface area contributed by atoms with Gasteiger partial charge in [-0.1, -0.05) is 65.3 Å². The molecule has 132 valence electrons. The maximum Gasteiger partial charge on any atom is 0.322 e. The first-order chi connectivity index (χ1) is 13.2. The Morgan fingerprint density at radius 2 is 1.63 bits per heavy atom. The van der Waals surface area contributed by atoms with Crippen LogP contribution in [0, 0.1) is 0 Å². The number of hydrogen-bond donors (Lipinski definition) is 1. The molecule has 1 atom stereocenters. The number of amides is 1. The number of benzene rings is 3. The van der Waals surface area contributed by atoms with Gasteiger partial charge in [-0.15, -0.1) is 0 Å². The first-order valence-corrected chi connectivity index (χ1v) is 8.86. The lowest BCUT2D eigenvalue weighted by Crippen LogP contribution is -2.51. The predicted molar refractivity (Wildman–Crippen MR) is 105 cm³/mol. The van der Waals surface area contributed by atoms with Gasteiger partial charge in [-0.2, -0.15) is 0 Å². The number of halogens is 1. The van der Waals surface area contributed by atoms with Crippen molar-refractivity contribution in [2.45, 2.75) is 5.72 Å². The smallest absolute Gasteiger partial charge is 0.322 e. The average molecular weight is 376 g/mol. The van der Waals surface area contributed by atoms with Crippen molar-refractivity contribution >= 4 is 34.7 Å². The zero-order valence-electron chi connectivity index (χ0n) is 14.1. The molecule has 1 spiro atoms. The number of nitrogens with zero attached hydrogens (tertiary/aromatic N) is 2. The molecular weight excluding hydrogens is 362 g/mol. The number of carbonyl (C=O) groups is 1. The summed E-state index contributed by atoms with van der Waals surface area (Å²) in [6.45, 7) is 0. The minimum atomic E-state index is -1.39. The van der Waals surface area contributed by atoms with E-state index in [4.69, 9.17) is 16.4 Å². The second-order valence-corrected chi connectivity index (χ2v) is 6.76. The van der Waals surface area contributed by atoms with E-state index in [2.05, 4.69) is 10.5 Å². The molecule has 0 radical (unpaired) electrons. The molecule has 2 aliphatic heterocycles. The zero-order valence-corrected chi connectivity index (χ0v) is 14.9. The van der Waals surface area contributed by atoms with E-state index in [1.165, 1.54) is 0 Å². The van der Waals surface area contributed by atoms with E-state index >= 15 is 0 Å². The topological polar surface area (TPSA) is 53.9 Å². The van der Waals surface area contributed by atoms with Gasteiger partial charge in [-0.25, -0.2) is 0 Å². The second-order valence-electron chi connectivity index (χ2n) is 6.33. The summed E-state index contributed by atoms with van der Waals surface area (Å²) in [5.74, 6) is 0.276. The Morgan fingerprint density at radius 1 is 0.926 bits per heavy atom. The third-order valence-electron chi connectivity index (χ3n) is 4.76. The van der Waals surface area contributed by atoms with E-state index in [0.717, 1.165) is 16.8 Å². The Morgan fingerprint density at radius 3 is 2.41 bits per heavy atom. The highest BCUT2D eigenvalue weighted by Gasteiger charge is 2.59. The molecule has 3 aromatic rings. The fraction of sp³-hybridized carbons (Fsp3) is 0.0476. The summed E-state index contributed by atoms with van der Waals surface area (Å²) in [4.78, 5) is 20.8. The molecule has 2 aliphatic rings. The van der Waals surface area contributed by atoms with E-state index in [1.807, 2.05) is 71.6 Å². The predicted octanol–water partition coefficient (Wildman–Crippen LogP) is 4.34. The average Bonchev–Trinajstić information content (AvgIpc) is 3.23. The summed E-state index contributed by atoms with van der Waals surface area (Å²) >= 11 is 6.07. The van der Waals surface area contributed by atoms with E-state index in [1.54, 1.807) is 12.1 Å². The van der Waals surface area contributed by atoms with Crippen molar-refractivity contribution in [3.63, 3.8) is 0 Å². The molecule has 3 aromatic carbocycles. The van der Waals surface area contributed by atoms with Crippen molar-refractivity contribution in [2.24, 2.45) is 5.16 Å². The van der Waals surface area contributed by atoms with Gasteiger partial charge >= 0.3 is 5.72 Å². The monoisotopic (exact) mass is 375 g/mol. The number of para-hydroxylation sites is 1. The van der Waals surface area contributed by atoms with Crippen molar-refractivity contribution in [1.82, 2.24) is 0 Å². The Balaban J connectivity index is 1.73. The van der Waals surface area contributed by atoms with Gasteiger partial charge in [-0.05, 0) is 30.3 Å². The minimum absolute atomic E-state index is 0.284. The minimum Gasteiger partial charge on any atom is -0.349 e. The van der Waals surface area contributed by atoms with Crippen LogP contribution in [-0.2, 0) is 15.4 Å². The molecule has 27 heavy (non-hydrogen) atoms. The highest BCUT2D eigenvalue weighted by molar-refractivity contribution is 6.30. The van der Waals surface area contributed by atoms with Crippen LogP contribution in [0.25, 0.3) is 0 Å². The number of rotatable bonds is 2. The number of anilines is 2. The van der Waals surface area contributed by atoms with Gasteiger partial charge in [0.05, 0.1) is 11.3 Å². The molecule has 6 heteroatoms. The highest BCUT2D eigenvalue weighted by Crippen LogP contribution is 2.47. The normalized spacial score (nSPS) is 20.3. The number of nitrogens with one attached hydrogen (secondary N) is 1. The van der Waals surface area contributed by atoms with Crippen LogP contribution in [0.2, 0.25) is 5.02 Å². The molecule has 0 fully saturated rings. The standard InChI is InChI=1S/C21H14ClN3O2/c22-15-10-12-16(13-11-15)25-19(14-6-2-1-3-7-14)24-27-21(25)17-8-4-5-9-18(17)23-20(21)26/h1-13H,(H,23,26)/t21-/m0/s1. The summed E-state index contributed by atoms with van der Waals surface area (Å²) in [6.07, 6.45) is 0. The number of fused-ring (bicyclic) bond motifs is 2. The maximum absolute atomic E-state index is 13.1. The number of carbonyl (C=O) groups excluding carboxylic acids is 1. The van der Waals surface area contributed by atoms with Gasteiger partial charge in [0.1, 0.15) is 0 Å². The summed E-state index contributed by atoms with van der Waals surface area (Å²) in [7, 11) is 0. The lowest BCUT2D eigenvalue weighted by Gasteiger charge is -2.32. The third kappa shape index (κ3) is 2.25. The van der Waals surface area contributed by atoms with E-state index in [9.17, 15) is 4.79 Å². The summed E-state index contributed by atoms with van der Waals surface area (Å²) in [5.41, 5.74) is 1.65. The van der Waals surface area contributed by atoms with Gasteiger partial charge in [0, 0.05) is 16.3 Å². The van der Waals surface area contributed by atoms with Crippen molar-refractivity contribution in [1.29, 1.82) is 0 Å². The fourth-order valence-corrected chi connectivity index (χ4v) is 3.66. The largest absolute Gasteiger partial charge is 0.349 e. The van der Waals surface area contributed by atoms with Crippen molar-refractivity contribution in [3.05, 3.63) is 95.0 Å². The van der Waals surface area contributed by atoms with Crippen LogP contribution in [0.3, 0.4) is 0 Å². The van der Waals surface area contributed by atoms with Gasteiger partial charge in [-0.3, -0.25) is 9.69 Å². The highest BCUT2D eigenvalue weighted by atomic mass is 35.5. The molecule has 1 amide bonds. The Labute approximate surface area is 160 Å². The van der Waals surface area contributed by atoms with Gasteiger partial charge in [0.25, 0.3) is 5.91 Å². The van der Waals surface area contributed by atoms with Gasteiger partial charge in [0.2, 0.25) is 0 Å². The van der Waals surface area contributed by atoms with Crippen molar-refractivity contribution in [2.75, 3.05) is 10.2 Å². The molecule has 1 N–H and O–H groups in total. The van der Waals surface area contributed by atoms with Crippen LogP contribution in [0.15, 0.2) is 84.0 Å². The number of oxime groups is 1. The van der Waals surface area contributed by atoms with E-state index in [0.29, 0.717) is 16.5 Å². The lowest BCUT2D eigenvalue weighted by molar-refractivity contribution is -0.137. The van der Waals surface area contributed by atoms with Gasteiger partial charge < -0.3 is 10.2 Å². The van der Waals surface area contributed by atoms with E-state index < -0.39 is 5.72 Å². The van der Waals surface area contributed by atoms with E-state index in [-0.39, 0.29) is 5.91 Å². The molecule has 0 bridgehead atoms. The zero-order chi connectivity index (χ0) is 18.4. The second kappa shape index (κ2) is 5.86. The Bertz CT molecular complexity index is 1070. The summed E-state index contributed by atoms with van der Waals surface area (Å²) in [6, 6.07) is 24.4.